The van der Waals surface area contributed by atoms with Crippen LogP contribution in [0.25, 0.3) is 0 Å². The lowest BCUT2D eigenvalue weighted by Crippen LogP contribution is -2.15. The molecule has 25 heavy (non-hydrogen) atoms. The summed E-state index contributed by atoms with van der Waals surface area (Å²) in [6, 6.07) is 16.1. The summed E-state index contributed by atoms with van der Waals surface area (Å²) in [6.07, 6.45) is 6.20. The van der Waals surface area contributed by atoms with Crippen LogP contribution in [-0.4, -0.2) is 20.9 Å². The van der Waals surface area contributed by atoms with Crippen molar-refractivity contribution in [1.82, 2.24) is 15.0 Å². The molecule has 0 saturated heterocycles. The number of nitrogens with zero attached hydrogens (tertiary/aromatic N) is 3. The van der Waals surface area contributed by atoms with Gasteiger partial charge in [-0.25, -0.2) is 4.68 Å². The Morgan fingerprint density at radius 1 is 1.04 bits per heavy atom. The lowest BCUT2D eigenvalue weighted by molar-refractivity contribution is 0.102. The van der Waals surface area contributed by atoms with Gasteiger partial charge in [0.25, 0.3) is 5.91 Å². The van der Waals surface area contributed by atoms with Crippen molar-refractivity contribution in [2.45, 2.75) is 32.2 Å². The average molecular weight is 332 g/mol. The smallest absolute Gasteiger partial charge is 0.277 e. The van der Waals surface area contributed by atoms with Gasteiger partial charge in [0.05, 0.1) is 12.7 Å². The first-order chi connectivity index (χ1) is 12.3. The van der Waals surface area contributed by atoms with E-state index in [1.807, 2.05) is 42.5 Å². The fourth-order valence-electron chi connectivity index (χ4n) is 3.33. The zero-order valence-electron chi connectivity index (χ0n) is 14.0. The van der Waals surface area contributed by atoms with Crippen molar-refractivity contribution in [3.63, 3.8) is 0 Å². The van der Waals surface area contributed by atoms with Crippen LogP contribution in [-0.2, 0) is 19.4 Å². The maximum absolute atomic E-state index is 12.5. The number of anilines is 1. The van der Waals surface area contributed by atoms with Crippen LogP contribution in [0.3, 0.4) is 0 Å². The summed E-state index contributed by atoms with van der Waals surface area (Å²) >= 11 is 0. The van der Waals surface area contributed by atoms with Crippen LogP contribution in [0.1, 0.15) is 40.0 Å². The maximum atomic E-state index is 12.5. The van der Waals surface area contributed by atoms with Crippen molar-refractivity contribution in [3.05, 3.63) is 77.1 Å². The van der Waals surface area contributed by atoms with Gasteiger partial charge in [0.1, 0.15) is 0 Å². The predicted octanol–water partition coefficient (Wildman–Crippen LogP) is 3.46. The standard InChI is InChI=1S/C20H20N4O/c25-20(21-18-12-6-10-16-9-4-5-11-17(16)18)19-14-24(23-22-19)13-15-7-2-1-3-8-15/h1-3,6-8,10,12,14H,4-5,9,11,13H2,(H,21,25). The molecule has 0 fully saturated rings. The van der Waals surface area contributed by atoms with Gasteiger partial charge in [-0.05, 0) is 48.4 Å². The number of hydrogen-bond acceptors (Lipinski definition) is 3. The Bertz CT molecular complexity index is 886. The maximum Gasteiger partial charge on any atom is 0.277 e. The van der Waals surface area contributed by atoms with E-state index in [2.05, 4.69) is 21.7 Å². The number of fused-ring (bicyclic) bond motifs is 1. The van der Waals surface area contributed by atoms with Gasteiger partial charge in [-0.3, -0.25) is 4.79 Å². The number of benzene rings is 2. The molecule has 0 atom stereocenters. The normalized spacial score (nSPS) is 13.3. The SMILES string of the molecule is O=C(Nc1cccc2c1CCCC2)c1cn(Cc2ccccc2)nn1. The van der Waals surface area contributed by atoms with E-state index in [-0.39, 0.29) is 5.91 Å². The molecule has 0 unspecified atom stereocenters. The Morgan fingerprint density at radius 2 is 1.88 bits per heavy atom. The third-order valence-corrected chi connectivity index (χ3v) is 4.60. The van der Waals surface area contributed by atoms with Gasteiger partial charge in [0, 0.05) is 5.69 Å². The lowest BCUT2D eigenvalue weighted by atomic mass is 9.90. The van der Waals surface area contributed by atoms with Gasteiger partial charge in [0.15, 0.2) is 5.69 Å². The Labute approximate surface area is 146 Å². The predicted molar refractivity (Wildman–Crippen MR) is 96.6 cm³/mol. The number of carbonyl (C=O) groups is 1. The molecule has 3 aromatic rings. The molecule has 126 valence electrons. The lowest BCUT2D eigenvalue weighted by Gasteiger charge is -2.19. The minimum atomic E-state index is -0.210. The summed E-state index contributed by atoms with van der Waals surface area (Å²) in [4.78, 5) is 12.5. The molecule has 0 aliphatic heterocycles. The number of aromatic nitrogens is 3. The van der Waals surface area contributed by atoms with E-state index in [0.29, 0.717) is 12.2 Å². The minimum Gasteiger partial charge on any atom is -0.320 e. The molecular weight excluding hydrogens is 312 g/mol. The molecule has 0 spiro atoms. The number of carbonyl (C=O) groups excluding carboxylic acids is 1. The van der Waals surface area contributed by atoms with E-state index in [9.17, 15) is 4.79 Å². The molecule has 0 bridgehead atoms. The van der Waals surface area contributed by atoms with E-state index >= 15 is 0 Å². The molecule has 5 nitrogen and oxygen atoms in total. The number of nitrogens with one attached hydrogen (secondary N) is 1. The highest BCUT2D eigenvalue weighted by molar-refractivity contribution is 6.03. The zero-order chi connectivity index (χ0) is 17.1. The Morgan fingerprint density at radius 3 is 2.76 bits per heavy atom. The first-order valence-corrected chi connectivity index (χ1v) is 8.66. The largest absolute Gasteiger partial charge is 0.320 e. The summed E-state index contributed by atoms with van der Waals surface area (Å²) in [5, 5.41) is 11.1. The van der Waals surface area contributed by atoms with Gasteiger partial charge in [-0.1, -0.05) is 47.7 Å². The minimum absolute atomic E-state index is 0.210. The van der Waals surface area contributed by atoms with Crippen molar-refractivity contribution < 1.29 is 4.79 Å². The first kappa shape index (κ1) is 15.6. The third kappa shape index (κ3) is 3.45. The molecule has 1 aliphatic rings. The average Bonchev–Trinajstić information content (AvgIpc) is 3.11. The number of hydrogen-bond donors (Lipinski definition) is 1. The van der Waals surface area contributed by atoms with Gasteiger partial charge in [-0.2, -0.15) is 0 Å². The Kier molecular flexibility index (Phi) is 4.29. The van der Waals surface area contributed by atoms with E-state index in [1.54, 1.807) is 10.9 Å². The molecular formula is C20H20N4O. The summed E-state index contributed by atoms with van der Waals surface area (Å²) in [6.45, 7) is 0.599. The summed E-state index contributed by atoms with van der Waals surface area (Å²) in [5.41, 5.74) is 4.97. The van der Waals surface area contributed by atoms with Crippen LogP contribution in [0.5, 0.6) is 0 Å². The Hall–Kier alpha value is -2.95. The van der Waals surface area contributed by atoms with Crippen molar-refractivity contribution in [2.75, 3.05) is 5.32 Å². The van der Waals surface area contributed by atoms with Crippen molar-refractivity contribution in [3.8, 4) is 0 Å². The highest BCUT2D eigenvalue weighted by Crippen LogP contribution is 2.28. The first-order valence-electron chi connectivity index (χ1n) is 8.66. The molecule has 2 aromatic carbocycles. The van der Waals surface area contributed by atoms with Crippen LogP contribution in [0, 0.1) is 0 Å². The molecule has 1 amide bonds. The number of rotatable bonds is 4. The van der Waals surface area contributed by atoms with Gasteiger partial charge in [-0.15, -0.1) is 5.10 Å². The summed E-state index contributed by atoms with van der Waals surface area (Å²) < 4.78 is 1.69. The molecule has 1 aliphatic carbocycles. The van der Waals surface area contributed by atoms with Crippen LogP contribution >= 0.6 is 0 Å². The van der Waals surface area contributed by atoms with Gasteiger partial charge in [0.2, 0.25) is 0 Å². The molecule has 0 saturated carbocycles. The van der Waals surface area contributed by atoms with E-state index in [4.69, 9.17) is 0 Å². The van der Waals surface area contributed by atoms with Crippen LogP contribution in [0.2, 0.25) is 0 Å². The van der Waals surface area contributed by atoms with Crippen molar-refractivity contribution in [1.29, 1.82) is 0 Å². The highest BCUT2D eigenvalue weighted by atomic mass is 16.2. The second kappa shape index (κ2) is 6.89. The van der Waals surface area contributed by atoms with Gasteiger partial charge < -0.3 is 5.32 Å². The molecule has 1 heterocycles. The summed E-state index contributed by atoms with van der Waals surface area (Å²) in [5.74, 6) is -0.210. The fraction of sp³-hybridized carbons (Fsp3) is 0.250. The fourth-order valence-corrected chi connectivity index (χ4v) is 3.33. The highest BCUT2D eigenvalue weighted by Gasteiger charge is 2.17. The Balaban J connectivity index is 1.49. The quantitative estimate of drug-likeness (QED) is 0.796. The van der Waals surface area contributed by atoms with Crippen LogP contribution in [0.4, 0.5) is 5.69 Å². The molecule has 5 heteroatoms. The number of aryl methyl sites for hydroxylation is 1. The van der Waals surface area contributed by atoms with Crippen LogP contribution < -0.4 is 5.32 Å². The van der Waals surface area contributed by atoms with Crippen molar-refractivity contribution in [2.24, 2.45) is 0 Å². The monoisotopic (exact) mass is 332 g/mol. The third-order valence-electron chi connectivity index (χ3n) is 4.60. The van der Waals surface area contributed by atoms with E-state index < -0.39 is 0 Å². The molecule has 1 aromatic heterocycles. The second-order valence-corrected chi connectivity index (χ2v) is 6.39. The second-order valence-electron chi connectivity index (χ2n) is 6.39. The van der Waals surface area contributed by atoms with Gasteiger partial charge >= 0.3 is 0 Å². The number of amides is 1. The summed E-state index contributed by atoms with van der Waals surface area (Å²) in [7, 11) is 0. The van der Waals surface area contributed by atoms with Crippen molar-refractivity contribution >= 4 is 11.6 Å². The molecule has 4 rings (SSSR count). The van der Waals surface area contributed by atoms with Crippen LogP contribution in [0.15, 0.2) is 54.7 Å². The zero-order valence-corrected chi connectivity index (χ0v) is 14.0. The van der Waals surface area contributed by atoms with E-state index in [1.165, 1.54) is 24.0 Å². The van der Waals surface area contributed by atoms with E-state index in [0.717, 1.165) is 24.1 Å². The molecule has 1 N–H and O–H groups in total. The topological polar surface area (TPSA) is 59.8 Å². The molecule has 0 radical (unpaired) electrons.